The number of nitrogens with one attached hydrogen (secondary N) is 2. The molecule has 1 unspecified atom stereocenters. The van der Waals surface area contributed by atoms with E-state index < -0.39 is 0 Å². The molecule has 0 saturated carbocycles. The van der Waals surface area contributed by atoms with E-state index in [0.29, 0.717) is 25.6 Å². The minimum Gasteiger partial charge on any atom is -0.383 e. The molecule has 25 heavy (non-hydrogen) atoms. The molecular formula is C16H27IN6OS. The molecule has 2 rings (SSSR count). The lowest BCUT2D eigenvalue weighted by Gasteiger charge is -2.15. The Hall–Kier alpha value is -1.20. The summed E-state index contributed by atoms with van der Waals surface area (Å²) in [6.45, 7) is 6.76. The van der Waals surface area contributed by atoms with Crippen LogP contribution in [-0.2, 0) is 18.3 Å². The maximum atomic E-state index is 5.09. The number of aromatic nitrogens is 3. The summed E-state index contributed by atoms with van der Waals surface area (Å²) < 4.78 is 7.04. The van der Waals surface area contributed by atoms with E-state index in [1.807, 2.05) is 18.5 Å². The highest BCUT2D eigenvalue weighted by Crippen LogP contribution is 2.19. The highest BCUT2D eigenvalue weighted by atomic mass is 127. The van der Waals surface area contributed by atoms with Crippen LogP contribution in [-0.4, -0.2) is 47.5 Å². The molecule has 0 bridgehead atoms. The van der Waals surface area contributed by atoms with Gasteiger partial charge in [0.15, 0.2) is 11.8 Å². The number of methoxy groups -OCH3 is 1. The molecule has 140 valence electrons. The van der Waals surface area contributed by atoms with Crippen LogP contribution in [0.2, 0.25) is 0 Å². The number of thiophene rings is 1. The normalized spacial score (nSPS) is 12.6. The highest BCUT2D eigenvalue weighted by Gasteiger charge is 2.09. The summed E-state index contributed by atoms with van der Waals surface area (Å²) in [5.74, 6) is 2.91. The Morgan fingerprint density at radius 3 is 2.80 bits per heavy atom. The second-order valence-corrected chi connectivity index (χ2v) is 6.58. The fraction of sp³-hybridized carbons (Fsp3) is 0.562. The van der Waals surface area contributed by atoms with Crippen molar-refractivity contribution < 1.29 is 4.74 Å². The first kappa shape index (κ1) is 21.8. The maximum Gasteiger partial charge on any atom is 0.191 e. The molecule has 0 saturated heterocycles. The van der Waals surface area contributed by atoms with Crippen molar-refractivity contribution in [2.24, 2.45) is 12.0 Å². The first-order valence-electron chi connectivity index (χ1n) is 8.01. The van der Waals surface area contributed by atoms with Crippen LogP contribution in [0.3, 0.4) is 0 Å². The molecule has 0 amide bonds. The van der Waals surface area contributed by atoms with Crippen LogP contribution in [0.15, 0.2) is 22.5 Å². The van der Waals surface area contributed by atoms with Crippen LogP contribution < -0.4 is 10.6 Å². The average Bonchev–Trinajstić information content (AvgIpc) is 3.22. The second-order valence-electron chi connectivity index (χ2n) is 5.60. The van der Waals surface area contributed by atoms with Crippen LogP contribution in [0.5, 0.6) is 0 Å². The Bertz CT molecular complexity index is 643. The monoisotopic (exact) mass is 478 g/mol. The van der Waals surface area contributed by atoms with E-state index in [1.165, 1.54) is 4.88 Å². The van der Waals surface area contributed by atoms with Crippen LogP contribution >= 0.6 is 35.3 Å². The molecular weight excluding hydrogens is 451 g/mol. The van der Waals surface area contributed by atoms with Crippen molar-refractivity contribution in [3.8, 4) is 0 Å². The molecule has 2 aromatic heterocycles. The summed E-state index contributed by atoms with van der Waals surface area (Å²) in [5, 5.41) is 17.0. The molecule has 0 fully saturated rings. The Balaban J connectivity index is 0.00000312. The van der Waals surface area contributed by atoms with Gasteiger partial charge in [-0.05, 0) is 18.4 Å². The number of hydrogen-bond acceptors (Lipinski definition) is 5. The zero-order valence-electron chi connectivity index (χ0n) is 15.2. The lowest BCUT2D eigenvalue weighted by Crippen LogP contribution is -2.40. The molecule has 0 aliphatic heterocycles. The van der Waals surface area contributed by atoms with Crippen molar-refractivity contribution in [3.63, 3.8) is 0 Å². The molecule has 0 radical (unpaired) electrons. The zero-order chi connectivity index (χ0) is 17.4. The quantitative estimate of drug-likeness (QED) is 0.264. The third kappa shape index (κ3) is 6.90. The van der Waals surface area contributed by atoms with E-state index in [0.717, 1.165) is 24.2 Å². The summed E-state index contributed by atoms with van der Waals surface area (Å²) in [7, 11) is 3.64. The Morgan fingerprint density at radius 2 is 2.20 bits per heavy atom. The SMILES string of the molecule is COCCNC(=NCc1nnc(C)n1C)NCC(C)c1cccs1.I. The first-order valence-corrected chi connectivity index (χ1v) is 8.89. The minimum absolute atomic E-state index is 0. The maximum absolute atomic E-state index is 5.09. The summed E-state index contributed by atoms with van der Waals surface area (Å²) in [6.07, 6.45) is 0. The van der Waals surface area contributed by atoms with Crippen molar-refractivity contribution in [1.82, 2.24) is 25.4 Å². The number of ether oxygens (including phenoxy) is 1. The van der Waals surface area contributed by atoms with E-state index in [-0.39, 0.29) is 24.0 Å². The summed E-state index contributed by atoms with van der Waals surface area (Å²) in [5.41, 5.74) is 0. The largest absolute Gasteiger partial charge is 0.383 e. The Morgan fingerprint density at radius 1 is 1.40 bits per heavy atom. The van der Waals surface area contributed by atoms with Gasteiger partial charge in [0.2, 0.25) is 0 Å². The van der Waals surface area contributed by atoms with Gasteiger partial charge < -0.3 is 19.9 Å². The van der Waals surface area contributed by atoms with E-state index >= 15 is 0 Å². The lowest BCUT2D eigenvalue weighted by molar-refractivity contribution is 0.203. The standard InChI is InChI=1S/C16H26N6OS.HI/c1-12(14-6-5-9-24-14)10-18-16(17-7-8-23-4)19-11-15-21-20-13(2)22(15)3;/h5-6,9,12H,7-8,10-11H2,1-4H3,(H2,17,18,19);1H. The molecule has 2 heterocycles. The fourth-order valence-corrected chi connectivity index (χ4v) is 2.89. The van der Waals surface area contributed by atoms with Gasteiger partial charge in [-0.3, -0.25) is 0 Å². The number of rotatable bonds is 8. The summed E-state index contributed by atoms with van der Waals surface area (Å²) in [4.78, 5) is 5.98. The van der Waals surface area contributed by atoms with Crippen molar-refractivity contribution in [2.45, 2.75) is 26.3 Å². The fourth-order valence-electron chi connectivity index (χ4n) is 2.11. The second kappa shape index (κ2) is 11.4. The van der Waals surface area contributed by atoms with Crippen molar-refractivity contribution in [2.75, 3.05) is 26.8 Å². The third-order valence-electron chi connectivity index (χ3n) is 3.76. The molecule has 2 aromatic rings. The number of aliphatic imine (C=N–C) groups is 1. The van der Waals surface area contributed by atoms with Crippen molar-refractivity contribution in [1.29, 1.82) is 0 Å². The van der Waals surface area contributed by atoms with Gasteiger partial charge in [-0.15, -0.1) is 45.5 Å². The highest BCUT2D eigenvalue weighted by molar-refractivity contribution is 14.0. The van der Waals surface area contributed by atoms with E-state index in [9.17, 15) is 0 Å². The predicted molar refractivity (Wildman–Crippen MR) is 113 cm³/mol. The smallest absolute Gasteiger partial charge is 0.191 e. The first-order chi connectivity index (χ1) is 11.6. The van der Waals surface area contributed by atoms with E-state index in [4.69, 9.17) is 4.74 Å². The summed E-state index contributed by atoms with van der Waals surface area (Å²) >= 11 is 1.78. The van der Waals surface area contributed by atoms with Crippen LogP contribution in [0, 0.1) is 6.92 Å². The molecule has 0 aliphatic rings. The van der Waals surface area contributed by atoms with E-state index in [2.05, 4.69) is 50.3 Å². The topological polar surface area (TPSA) is 76.4 Å². The third-order valence-corrected chi connectivity index (χ3v) is 4.87. The Kier molecular flexibility index (Phi) is 9.98. The van der Waals surface area contributed by atoms with Gasteiger partial charge in [-0.25, -0.2) is 4.99 Å². The molecule has 7 nitrogen and oxygen atoms in total. The lowest BCUT2D eigenvalue weighted by atomic mass is 10.1. The Labute approximate surface area is 170 Å². The van der Waals surface area contributed by atoms with Gasteiger partial charge in [0.25, 0.3) is 0 Å². The molecule has 9 heteroatoms. The van der Waals surface area contributed by atoms with Crippen molar-refractivity contribution >= 4 is 41.3 Å². The number of guanidine groups is 1. The van der Waals surface area contributed by atoms with E-state index in [1.54, 1.807) is 18.4 Å². The number of hydrogen-bond donors (Lipinski definition) is 2. The average molecular weight is 478 g/mol. The van der Waals surface area contributed by atoms with Gasteiger partial charge >= 0.3 is 0 Å². The molecule has 0 spiro atoms. The predicted octanol–water partition coefficient (Wildman–Crippen LogP) is 2.29. The van der Waals surface area contributed by atoms with Crippen LogP contribution in [0.1, 0.15) is 29.4 Å². The van der Waals surface area contributed by atoms with Gasteiger partial charge in [0, 0.05) is 38.0 Å². The molecule has 2 N–H and O–H groups in total. The zero-order valence-corrected chi connectivity index (χ0v) is 18.3. The van der Waals surface area contributed by atoms with Gasteiger partial charge in [-0.2, -0.15) is 0 Å². The minimum atomic E-state index is 0. The number of nitrogens with zero attached hydrogens (tertiary/aromatic N) is 4. The van der Waals surface area contributed by atoms with Gasteiger partial charge in [0.1, 0.15) is 12.4 Å². The molecule has 0 aromatic carbocycles. The molecule has 1 atom stereocenters. The van der Waals surface area contributed by atoms with Gasteiger partial charge in [0.05, 0.1) is 6.61 Å². The van der Waals surface area contributed by atoms with Gasteiger partial charge in [-0.1, -0.05) is 13.0 Å². The van der Waals surface area contributed by atoms with Crippen molar-refractivity contribution in [3.05, 3.63) is 34.0 Å². The number of aryl methyl sites for hydroxylation is 1. The molecule has 0 aliphatic carbocycles. The van der Waals surface area contributed by atoms with Crippen LogP contribution in [0.25, 0.3) is 0 Å². The summed E-state index contributed by atoms with van der Waals surface area (Å²) in [6, 6.07) is 4.24. The number of halogens is 1. The van der Waals surface area contributed by atoms with Crippen LogP contribution in [0.4, 0.5) is 0 Å².